The van der Waals surface area contributed by atoms with Crippen molar-refractivity contribution in [3.63, 3.8) is 0 Å². The van der Waals surface area contributed by atoms with Crippen LogP contribution < -0.4 is 5.32 Å². The molecule has 6 heteroatoms. The van der Waals surface area contributed by atoms with Crippen LogP contribution in [0, 0.1) is 17.8 Å². The maximum Gasteiger partial charge on any atom is 0.213 e. The van der Waals surface area contributed by atoms with E-state index in [4.69, 9.17) is 4.74 Å². The van der Waals surface area contributed by atoms with Crippen LogP contribution in [0.2, 0.25) is 0 Å². The topological polar surface area (TPSA) is 58.6 Å². The van der Waals surface area contributed by atoms with E-state index in [0.29, 0.717) is 13.1 Å². The third-order valence-electron chi connectivity index (χ3n) is 5.67. The molecule has 22 heavy (non-hydrogen) atoms. The van der Waals surface area contributed by atoms with Crippen molar-refractivity contribution in [2.75, 3.05) is 38.5 Å². The molecule has 0 aromatic carbocycles. The van der Waals surface area contributed by atoms with Crippen LogP contribution >= 0.6 is 0 Å². The summed E-state index contributed by atoms with van der Waals surface area (Å²) >= 11 is 0. The highest BCUT2D eigenvalue weighted by molar-refractivity contribution is 7.89. The lowest BCUT2D eigenvalue weighted by atomic mass is 9.91. The first-order chi connectivity index (χ1) is 10.6. The molecular formula is C16H30N2O3S. The van der Waals surface area contributed by atoms with Gasteiger partial charge in [0.1, 0.15) is 0 Å². The lowest BCUT2D eigenvalue weighted by Gasteiger charge is -2.22. The average molecular weight is 330 g/mol. The molecule has 0 aromatic heterocycles. The summed E-state index contributed by atoms with van der Waals surface area (Å²) in [5, 5.41) is 3.44. The van der Waals surface area contributed by atoms with Gasteiger partial charge in [-0.3, -0.25) is 0 Å². The summed E-state index contributed by atoms with van der Waals surface area (Å²) < 4.78 is 31.2. The molecule has 2 saturated heterocycles. The van der Waals surface area contributed by atoms with Gasteiger partial charge < -0.3 is 10.1 Å². The van der Waals surface area contributed by atoms with E-state index < -0.39 is 10.0 Å². The minimum Gasteiger partial charge on any atom is -0.377 e. The van der Waals surface area contributed by atoms with E-state index in [1.165, 1.54) is 32.4 Å². The summed E-state index contributed by atoms with van der Waals surface area (Å²) in [6.45, 7) is 6.07. The summed E-state index contributed by atoms with van der Waals surface area (Å²) in [6.07, 6.45) is 6.18. The third kappa shape index (κ3) is 4.02. The Morgan fingerprint density at radius 2 is 2.00 bits per heavy atom. The van der Waals surface area contributed by atoms with Crippen LogP contribution in [0.1, 0.15) is 39.0 Å². The van der Waals surface area contributed by atoms with Crippen molar-refractivity contribution >= 4 is 10.0 Å². The molecule has 3 aliphatic rings. The van der Waals surface area contributed by atoms with E-state index in [9.17, 15) is 8.42 Å². The maximum atomic E-state index is 11.8. The maximum absolute atomic E-state index is 11.8. The zero-order valence-electron chi connectivity index (χ0n) is 13.7. The van der Waals surface area contributed by atoms with Crippen molar-refractivity contribution in [1.29, 1.82) is 0 Å². The first-order valence-corrected chi connectivity index (χ1v) is 10.5. The predicted octanol–water partition coefficient (Wildman–Crippen LogP) is 1.45. The zero-order chi connectivity index (χ0) is 15.6. The van der Waals surface area contributed by atoms with Crippen LogP contribution in [0.4, 0.5) is 0 Å². The van der Waals surface area contributed by atoms with E-state index in [2.05, 4.69) is 5.32 Å². The molecule has 128 valence electrons. The van der Waals surface area contributed by atoms with E-state index in [1.54, 1.807) is 11.2 Å². The Labute approximate surface area is 134 Å². The molecule has 2 aliphatic heterocycles. The van der Waals surface area contributed by atoms with Gasteiger partial charge in [-0.25, -0.2) is 8.42 Å². The van der Waals surface area contributed by atoms with E-state index >= 15 is 0 Å². The second-order valence-corrected chi connectivity index (χ2v) is 9.33. The highest BCUT2D eigenvalue weighted by Crippen LogP contribution is 2.49. The molecule has 1 N–H and O–H groups in total. The molecule has 3 atom stereocenters. The standard InChI is InChI=1S/C16H30N2O3S/c1-2-22(19,20)18-9-5-15(12-18)21-10-6-14-11-16(14)13-3-7-17-8-4-13/h13-17H,2-12H2,1H3/t14-,15+,16-/m1/s1. The fraction of sp³-hybridized carbons (Fsp3) is 1.00. The second kappa shape index (κ2) is 7.16. The number of piperidine rings is 1. The van der Waals surface area contributed by atoms with Gasteiger partial charge in [-0.1, -0.05) is 0 Å². The number of ether oxygens (including phenoxy) is 1. The number of hydrogen-bond donors (Lipinski definition) is 1. The van der Waals surface area contributed by atoms with E-state index in [1.807, 2.05) is 0 Å². The van der Waals surface area contributed by atoms with Gasteiger partial charge in [-0.05, 0) is 69.9 Å². The highest BCUT2D eigenvalue weighted by atomic mass is 32.2. The monoisotopic (exact) mass is 330 g/mol. The molecular weight excluding hydrogens is 300 g/mol. The van der Waals surface area contributed by atoms with Gasteiger partial charge in [0.2, 0.25) is 10.0 Å². The summed E-state index contributed by atoms with van der Waals surface area (Å²) in [4.78, 5) is 0. The fourth-order valence-corrected chi connectivity index (χ4v) is 5.25. The summed E-state index contributed by atoms with van der Waals surface area (Å²) in [6, 6.07) is 0. The van der Waals surface area contributed by atoms with Crippen LogP contribution in [-0.4, -0.2) is 57.4 Å². The number of nitrogens with one attached hydrogen (secondary N) is 1. The van der Waals surface area contributed by atoms with Crippen LogP contribution in [-0.2, 0) is 14.8 Å². The van der Waals surface area contributed by atoms with E-state index in [-0.39, 0.29) is 11.9 Å². The Balaban J connectivity index is 1.32. The summed E-state index contributed by atoms with van der Waals surface area (Å²) in [5.74, 6) is 2.92. The Bertz CT molecular complexity index is 462. The molecule has 0 spiro atoms. The Morgan fingerprint density at radius 1 is 1.23 bits per heavy atom. The number of sulfonamides is 1. The normalized spacial score (nSPS) is 34.1. The smallest absolute Gasteiger partial charge is 0.213 e. The zero-order valence-corrected chi connectivity index (χ0v) is 14.5. The molecule has 0 unspecified atom stereocenters. The molecule has 1 saturated carbocycles. The minimum atomic E-state index is -3.04. The Kier molecular flexibility index (Phi) is 5.43. The van der Waals surface area contributed by atoms with Crippen LogP contribution in [0.25, 0.3) is 0 Å². The van der Waals surface area contributed by atoms with Crippen LogP contribution in [0.15, 0.2) is 0 Å². The van der Waals surface area contributed by atoms with Crippen molar-refractivity contribution in [3.05, 3.63) is 0 Å². The Hall–Kier alpha value is -0.170. The summed E-state index contributed by atoms with van der Waals surface area (Å²) in [5.41, 5.74) is 0. The van der Waals surface area contributed by atoms with Crippen LogP contribution in [0.5, 0.6) is 0 Å². The first kappa shape index (κ1) is 16.7. The van der Waals surface area contributed by atoms with Gasteiger partial charge in [-0.2, -0.15) is 4.31 Å². The average Bonchev–Trinajstić information content (AvgIpc) is 3.14. The van der Waals surface area contributed by atoms with Crippen molar-refractivity contribution in [2.24, 2.45) is 17.8 Å². The van der Waals surface area contributed by atoms with Crippen molar-refractivity contribution in [2.45, 2.75) is 45.1 Å². The lowest BCUT2D eigenvalue weighted by Crippen LogP contribution is -2.31. The van der Waals surface area contributed by atoms with Crippen molar-refractivity contribution in [3.8, 4) is 0 Å². The molecule has 1 aliphatic carbocycles. The number of rotatable bonds is 7. The van der Waals surface area contributed by atoms with Crippen molar-refractivity contribution in [1.82, 2.24) is 9.62 Å². The molecule has 0 aromatic rings. The van der Waals surface area contributed by atoms with Gasteiger partial charge in [0.05, 0.1) is 11.9 Å². The van der Waals surface area contributed by atoms with Gasteiger partial charge >= 0.3 is 0 Å². The number of nitrogens with zero attached hydrogens (tertiary/aromatic N) is 1. The fourth-order valence-electron chi connectivity index (χ4n) is 4.11. The SMILES string of the molecule is CCS(=O)(=O)N1CC[C@H](OCC[C@@H]2C[C@@H]2C2CCNCC2)C1. The first-order valence-electron chi connectivity index (χ1n) is 8.90. The molecule has 0 amide bonds. The van der Waals surface area contributed by atoms with Gasteiger partial charge in [0.15, 0.2) is 0 Å². The molecule has 3 fully saturated rings. The minimum absolute atomic E-state index is 0.109. The van der Waals surface area contributed by atoms with Gasteiger partial charge in [-0.15, -0.1) is 0 Å². The summed E-state index contributed by atoms with van der Waals surface area (Å²) in [7, 11) is -3.04. The van der Waals surface area contributed by atoms with Gasteiger partial charge in [0, 0.05) is 19.7 Å². The van der Waals surface area contributed by atoms with Gasteiger partial charge in [0.25, 0.3) is 0 Å². The highest BCUT2D eigenvalue weighted by Gasteiger charge is 2.42. The van der Waals surface area contributed by atoms with Crippen molar-refractivity contribution < 1.29 is 13.2 Å². The molecule has 2 heterocycles. The largest absolute Gasteiger partial charge is 0.377 e. The molecule has 3 rings (SSSR count). The lowest BCUT2D eigenvalue weighted by molar-refractivity contribution is 0.0581. The molecule has 0 bridgehead atoms. The molecule has 5 nitrogen and oxygen atoms in total. The van der Waals surface area contributed by atoms with E-state index in [0.717, 1.165) is 37.2 Å². The third-order valence-corrected chi connectivity index (χ3v) is 7.52. The quantitative estimate of drug-likeness (QED) is 0.768. The number of hydrogen-bond acceptors (Lipinski definition) is 4. The van der Waals surface area contributed by atoms with Crippen LogP contribution in [0.3, 0.4) is 0 Å². The molecule has 0 radical (unpaired) electrons. The predicted molar refractivity (Wildman–Crippen MR) is 87.2 cm³/mol. The Morgan fingerprint density at radius 3 is 2.73 bits per heavy atom. The second-order valence-electron chi connectivity index (χ2n) is 7.08.